The quantitative estimate of drug-likeness (QED) is 0.727. The van der Waals surface area contributed by atoms with E-state index < -0.39 is 0 Å². The van der Waals surface area contributed by atoms with Crippen LogP contribution in [0, 0.1) is 5.92 Å². The number of urea groups is 1. The Bertz CT molecular complexity index is 451. The maximum Gasteiger partial charge on any atom is 0.323 e. The van der Waals surface area contributed by atoms with Crippen LogP contribution in [0.1, 0.15) is 32.1 Å². The first-order valence-corrected chi connectivity index (χ1v) is 6.78. The van der Waals surface area contributed by atoms with Crippen LogP contribution in [0.25, 0.3) is 0 Å². The van der Waals surface area contributed by atoms with Crippen LogP contribution in [0.4, 0.5) is 10.5 Å². The third-order valence-electron chi connectivity index (χ3n) is 3.38. The molecule has 1 aliphatic rings. The summed E-state index contributed by atoms with van der Waals surface area (Å²) in [6.45, 7) is 0. The normalized spacial score (nSPS) is 16.4. The van der Waals surface area contributed by atoms with Gasteiger partial charge in [-0.3, -0.25) is 0 Å². The molecule has 0 aromatic heterocycles. The Hall–Kier alpha value is -1.97. The minimum Gasteiger partial charge on any atom is -0.506 e. The van der Waals surface area contributed by atoms with E-state index in [2.05, 4.69) is 16.7 Å². The number of amides is 2. The highest BCUT2D eigenvalue weighted by Crippen LogP contribution is 2.24. The number of carbonyl (C=O) groups is 1. The lowest BCUT2D eigenvalue weighted by Crippen LogP contribution is -2.24. The van der Waals surface area contributed by atoms with E-state index in [-0.39, 0.29) is 11.8 Å². The van der Waals surface area contributed by atoms with Gasteiger partial charge in [-0.1, -0.05) is 37.5 Å². The van der Waals surface area contributed by atoms with E-state index in [1.54, 1.807) is 24.4 Å². The maximum atomic E-state index is 11.6. The monoisotopic (exact) mass is 260 g/mol. The fraction of sp³-hybridized carbons (Fsp3) is 0.400. The lowest BCUT2D eigenvalue weighted by atomic mass is 9.89. The van der Waals surface area contributed by atoms with Crippen molar-refractivity contribution in [1.29, 1.82) is 0 Å². The summed E-state index contributed by atoms with van der Waals surface area (Å²) in [4.78, 5) is 11.6. The molecule has 1 saturated carbocycles. The second-order valence-corrected chi connectivity index (χ2v) is 4.87. The summed E-state index contributed by atoms with van der Waals surface area (Å²) in [5.41, 5.74) is 0.408. The van der Waals surface area contributed by atoms with E-state index in [1.165, 1.54) is 38.2 Å². The van der Waals surface area contributed by atoms with Crippen LogP contribution in [0.2, 0.25) is 0 Å². The summed E-state index contributed by atoms with van der Waals surface area (Å²) in [6, 6.07) is 6.32. The van der Waals surface area contributed by atoms with Crippen molar-refractivity contribution in [3.05, 3.63) is 36.5 Å². The summed E-state index contributed by atoms with van der Waals surface area (Å²) < 4.78 is 0. The molecule has 1 aromatic carbocycles. The molecule has 0 spiro atoms. The van der Waals surface area contributed by atoms with Crippen LogP contribution >= 0.6 is 0 Å². The van der Waals surface area contributed by atoms with Gasteiger partial charge in [0.2, 0.25) is 0 Å². The molecule has 0 unspecified atom stereocenters. The highest BCUT2D eigenvalue weighted by molar-refractivity contribution is 5.91. The van der Waals surface area contributed by atoms with Crippen LogP contribution in [-0.4, -0.2) is 11.1 Å². The zero-order valence-corrected chi connectivity index (χ0v) is 10.9. The molecule has 1 fully saturated rings. The number of hydrogen-bond acceptors (Lipinski definition) is 2. The number of benzene rings is 1. The number of aromatic hydroxyl groups is 1. The van der Waals surface area contributed by atoms with Crippen LogP contribution in [-0.2, 0) is 0 Å². The van der Waals surface area contributed by atoms with Crippen molar-refractivity contribution in [1.82, 2.24) is 5.32 Å². The van der Waals surface area contributed by atoms with Gasteiger partial charge in [0.05, 0.1) is 5.69 Å². The van der Waals surface area contributed by atoms with Gasteiger partial charge >= 0.3 is 6.03 Å². The number of anilines is 1. The van der Waals surface area contributed by atoms with Gasteiger partial charge in [-0.25, -0.2) is 4.79 Å². The molecule has 0 aliphatic heterocycles. The van der Waals surface area contributed by atoms with E-state index in [1.807, 2.05) is 0 Å². The number of hydrogen-bond donors (Lipinski definition) is 3. The second kappa shape index (κ2) is 6.83. The molecule has 4 nitrogen and oxygen atoms in total. The second-order valence-electron chi connectivity index (χ2n) is 4.87. The third-order valence-corrected chi connectivity index (χ3v) is 3.38. The summed E-state index contributed by atoms with van der Waals surface area (Å²) >= 11 is 0. The SMILES string of the molecule is O=C(N/C=C/C1CCCCC1)Nc1ccccc1O. The Morgan fingerprint density at radius 2 is 1.95 bits per heavy atom. The van der Waals surface area contributed by atoms with Gasteiger partial charge in [-0.05, 0) is 30.9 Å². The molecule has 0 bridgehead atoms. The van der Waals surface area contributed by atoms with Crippen molar-refractivity contribution in [2.45, 2.75) is 32.1 Å². The lowest BCUT2D eigenvalue weighted by Gasteiger charge is -2.17. The summed E-state index contributed by atoms with van der Waals surface area (Å²) in [6.07, 6.45) is 10.1. The van der Waals surface area contributed by atoms with E-state index in [9.17, 15) is 9.90 Å². The van der Waals surface area contributed by atoms with E-state index in [0.29, 0.717) is 11.6 Å². The smallest absolute Gasteiger partial charge is 0.323 e. The molecule has 4 heteroatoms. The summed E-state index contributed by atoms with van der Waals surface area (Å²) in [5.74, 6) is 0.646. The molecule has 0 atom stereocenters. The molecule has 1 aliphatic carbocycles. The zero-order chi connectivity index (χ0) is 13.5. The van der Waals surface area contributed by atoms with Crippen molar-refractivity contribution < 1.29 is 9.90 Å². The number of phenols is 1. The first kappa shape index (κ1) is 13.5. The van der Waals surface area contributed by atoms with E-state index in [4.69, 9.17) is 0 Å². The molecular weight excluding hydrogens is 240 g/mol. The first-order chi connectivity index (χ1) is 9.25. The van der Waals surface area contributed by atoms with Crippen LogP contribution in [0.3, 0.4) is 0 Å². The average molecular weight is 260 g/mol. The van der Waals surface area contributed by atoms with Gasteiger partial charge in [0.1, 0.15) is 5.75 Å². The summed E-state index contributed by atoms with van der Waals surface area (Å²) in [7, 11) is 0. The van der Waals surface area contributed by atoms with Crippen molar-refractivity contribution in [3.63, 3.8) is 0 Å². The highest BCUT2D eigenvalue weighted by Gasteiger charge is 2.10. The average Bonchev–Trinajstić information content (AvgIpc) is 2.43. The highest BCUT2D eigenvalue weighted by atomic mass is 16.3. The Kier molecular flexibility index (Phi) is 4.84. The van der Waals surface area contributed by atoms with Gasteiger partial charge < -0.3 is 15.7 Å². The lowest BCUT2D eigenvalue weighted by molar-refractivity contribution is 0.255. The predicted molar refractivity (Wildman–Crippen MR) is 76.0 cm³/mol. The molecule has 3 N–H and O–H groups in total. The van der Waals surface area contributed by atoms with Crippen LogP contribution in [0.5, 0.6) is 5.75 Å². The molecule has 19 heavy (non-hydrogen) atoms. The minimum atomic E-state index is -0.339. The summed E-state index contributed by atoms with van der Waals surface area (Å²) in [5, 5.41) is 14.8. The molecule has 0 saturated heterocycles. The van der Waals surface area contributed by atoms with E-state index in [0.717, 1.165) is 0 Å². The van der Waals surface area contributed by atoms with Crippen LogP contribution < -0.4 is 10.6 Å². The van der Waals surface area contributed by atoms with Gasteiger partial charge in [-0.15, -0.1) is 0 Å². The molecule has 1 aromatic rings. The van der Waals surface area contributed by atoms with Gasteiger partial charge in [0, 0.05) is 6.20 Å². The standard InChI is InChI=1S/C15H20N2O2/c18-14-9-5-4-8-13(14)17-15(19)16-11-10-12-6-2-1-3-7-12/h4-5,8-12,18H,1-3,6-7H2,(H2,16,17,19)/b11-10+. The van der Waals surface area contributed by atoms with Crippen molar-refractivity contribution in [2.75, 3.05) is 5.32 Å². The molecule has 0 radical (unpaired) electrons. The number of allylic oxidation sites excluding steroid dienone is 1. The van der Waals surface area contributed by atoms with Crippen molar-refractivity contribution in [2.24, 2.45) is 5.92 Å². The van der Waals surface area contributed by atoms with Gasteiger partial charge in [0.15, 0.2) is 0 Å². The van der Waals surface area contributed by atoms with Crippen molar-refractivity contribution in [3.8, 4) is 5.75 Å². The molecule has 102 valence electrons. The molecule has 2 rings (SSSR count). The Balaban J connectivity index is 1.78. The Morgan fingerprint density at radius 3 is 2.68 bits per heavy atom. The van der Waals surface area contributed by atoms with Gasteiger partial charge in [-0.2, -0.15) is 0 Å². The minimum absolute atomic E-state index is 0.0638. The zero-order valence-electron chi connectivity index (χ0n) is 10.9. The largest absolute Gasteiger partial charge is 0.506 e. The Morgan fingerprint density at radius 1 is 1.21 bits per heavy atom. The maximum absolute atomic E-state index is 11.6. The topological polar surface area (TPSA) is 61.4 Å². The number of para-hydroxylation sites is 2. The fourth-order valence-electron chi connectivity index (χ4n) is 2.32. The fourth-order valence-corrected chi connectivity index (χ4v) is 2.32. The molecule has 2 amide bonds. The predicted octanol–water partition coefficient (Wildman–Crippen LogP) is 3.61. The first-order valence-electron chi connectivity index (χ1n) is 6.78. The van der Waals surface area contributed by atoms with Crippen molar-refractivity contribution >= 4 is 11.7 Å². The van der Waals surface area contributed by atoms with Crippen LogP contribution in [0.15, 0.2) is 36.5 Å². The molecule has 0 heterocycles. The number of rotatable bonds is 3. The Labute approximate surface area is 113 Å². The van der Waals surface area contributed by atoms with Gasteiger partial charge in [0.25, 0.3) is 0 Å². The molecular formula is C15H20N2O2. The van der Waals surface area contributed by atoms with E-state index >= 15 is 0 Å². The number of phenolic OH excluding ortho intramolecular Hbond substituents is 1. The number of nitrogens with one attached hydrogen (secondary N) is 2. The third kappa shape index (κ3) is 4.32. The number of carbonyl (C=O) groups excluding carboxylic acids is 1.